The van der Waals surface area contributed by atoms with Crippen LogP contribution in [0, 0.1) is 52.2 Å². The Labute approximate surface area is 320 Å². The van der Waals surface area contributed by atoms with Crippen LogP contribution in [0.2, 0.25) is 15.1 Å². The van der Waals surface area contributed by atoms with Crippen molar-refractivity contribution in [1.29, 1.82) is 21.0 Å². The zero-order chi connectivity index (χ0) is 36.6. The number of allylic oxidation sites excluding steroid dienone is 4. The summed E-state index contributed by atoms with van der Waals surface area (Å²) in [6.07, 6.45) is 4.86. The number of aryl methyl sites for hydroxylation is 1. The second kappa shape index (κ2) is 12.5. The van der Waals surface area contributed by atoms with E-state index >= 15 is 0 Å². The molecule has 250 valence electrons. The predicted octanol–water partition coefficient (Wildman–Crippen LogP) is 10.8. The fraction of sp³-hybridized carbons (Fsp3) is 0.179. The van der Waals surface area contributed by atoms with Gasteiger partial charge in [0.1, 0.15) is 56.8 Å². The van der Waals surface area contributed by atoms with Gasteiger partial charge in [-0.2, -0.15) is 21.0 Å². The van der Waals surface area contributed by atoms with Crippen LogP contribution in [-0.4, -0.2) is 23.0 Å². The molecule has 1 fully saturated rings. The third-order valence-electron chi connectivity index (χ3n) is 10.1. The first-order valence-electron chi connectivity index (χ1n) is 16.0. The second-order valence-corrected chi connectivity index (χ2v) is 16.1. The zero-order valence-corrected chi connectivity index (χ0v) is 30.9. The first kappa shape index (κ1) is 33.9. The van der Waals surface area contributed by atoms with Crippen LogP contribution in [0.3, 0.4) is 0 Å². The molecule has 2 aromatic carbocycles. The van der Waals surface area contributed by atoms with E-state index in [4.69, 9.17) is 44.8 Å². The number of rotatable bonds is 2. The molecule has 52 heavy (non-hydrogen) atoms. The van der Waals surface area contributed by atoms with Crippen molar-refractivity contribution < 1.29 is 9.59 Å². The standard InChI is InChI=1S/C39H19Cl3N6O2S2/c1-17-7-20-22(9-26(17)40)35(49)33(31(20)18(13-43)14-44)47-29-11-24-37(51-29)38-25(39(24)5-3-2-4-6-39)12-30(52-38)48-34-32(19(15-45)16-46)21-8-27(41)28(42)10-23(21)36(34)50/h7-12H,2-6H2,1H3. The molecule has 0 N–H and O–H groups in total. The van der Waals surface area contributed by atoms with Gasteiger partial charge in [0.25, 0.3) is 0 Å². The first-order valence-corrected chi connectivity index (χ1v) is 18.8. The zero-order valence-electron chi connectivity index (χ0n) is 26.9. The van der Waals surface area contributed by atoms with Gasteiger partial charge in [-0.15, -0.1) is 22.7 Å². The van der Waals surface area contributed by atoms with Crippen LogP contribution in [0.4, 0.5) is 10.0 Å². The minimum absolute atomic E-state index is 0.0236. The van der Waals surface area contributed by atoms with Crippen molar-refractivity contribution in [3.8, 4) is 34.0 Å². The third kappa shape index (κ3) is 4.88. The first-order chi connectivity index (χ1) is 25.0. The number of hydrogen-bond acceptors (Lipinski definition) is 10. The average Bonchev–Trinajstić information content (AvgIpc) is 3.91. The summed E-state index contributed by atoms with van der Waals surface area (Å²) in [5.41, 5.74) is 3.73. The molecule has 1 spiro atoms. The number of halogens is 3. The van der Waals surface area contributed by atoms with Crippen molar-refractivity contribution in [2.45, 2.75) is 44.4 Å². The maximum atomic E-state index is 13.8. The Hall–Kier alpha value is -5.17. The van der Waals surface area contributed by atoms with E-state index in [1.165, 1.54) is 34.8 Å². The quantitative estimate of drug-likeness (QED) is 0.185. The number of aliphatic imine (C=N–C) groups is 2. The SMILES string of the molecule is Cc1cc2c(cc1Cl)C(=O)C(=Nc1cc3c(s1)-c1sc(N=C4C(=O)c5cc(Cl)c(Cl)cc5C4=C(C#N)C#N)cc1C31CCCCC1)C2=C(C#N)C#N. The number of carbonyl (C=O) groups is 2. The molecule has 0 unspecified atom stereocenters. The van der Waals surface area contributed by atoms with Crippen LogP contribution in [0.25, 0.3) is 20.9 Å². The summed E-state index contributed by atoms with van der Waals surface area (Å²) in [4.78, 5) is 39.1. The molecule has 0 bridgehead atoms. The Kier molecular flexibility index (Phi) is 8.16. The minimum atomic E-state index is -0.459. The summed E-state index contributed by atoms with van der Waals surface area (Å²) in [6, 6.07) is 17.9. The van der Waals surface area contributed by atoms with E-state index in [0.717, 1.165) is 53.0 Å². The van der Waals surface area contributed by atoms with Gasteiger partial charge in [0.2, 0.25) is 11.6 Å². The number of nitriles is 4. The van der Waals surface area contributed by atoms with Crippen LogP contribution >= 0.6 is 57.5 Å². The highest BCUT2D eigenvalue weighted by atomic mass is 35.5. The highest BCUT2D eigenvalue weighted by Crippen LogP contribution is 2.63. The normalized spacial score (nSPS) is 17.8. The monoisotopic (exact) mass is 772 g/mol. The molecule has 0 radical (unpaired) electrons. The van der Waals surface area contributed by atoms with Gasteiger partial charge in [-0.3, -0.25) is 9.59 Å². The fourth-order valence-electron chi connectivity index (χ4n) is 7.72. The lowest BCUT2D eigenvalue weighted by Gasteiger charge is -2.34. The molecule has 8 nitrogen and oxygen atoms in total. The van der Waals surface area contributed by atoms with Gasteiger partial charge in [-0.25, -0.2) is 9.98 Å². The molecule has 0 amide bonds. The van der Waals surface area contributed by atoms with Gasteiger partial charge in [0.15, 0.2) is 0 Å². The second-order valence-electron chi connectivity index (χ2n) is 12.8. The van der Waals surface area contributed by atoms with Crippen molar-refractivity contribution >= 4 is 102 Å². The van der Waals surface area contributed by atoms with Crippen molar-refractivity contribution in [3.05, 3.63) is 102 Å². The van der Waals surface area contributed by atoms with Crippen LogP contribution in [-0.2, 0) is 5.41 Å². The highest BCUT2D eigenvalue weighted by Gasteiger charge is 2.47. The van der Waals surface area contributed by atoms with Crippen LogP contribution in [0.1, 0.15) is 80.6 Å². The third-order valence-corrected chi connectivity index (χ3v) is 13.4. The van der Waals surface area contributed by atoms with Crippen LogP contribution < -0.4 is 0 Å². The molecule has 0 atom stereocenters. The lowest BCUT2D eigenvalue weighted by Crippen LogP contribution is -2.27. The Morgan fingerprint density at radius 2 is 1.06 bits per heavy atom. The molecule has 1 saturated carbocycles. The minimum Gasteiger partial charge on any atom is -0.287 e. The Morgan fingerprint density at radius 3 is 1.52 bits per heavy atom. The molecule has 0 saturated heterocycles. The van der Waals surface area contributed by atoms with Gasteiger partial charge in [0, 0.05) is 32.7 Å². The van der Waals surface area contributed by atoms with E-state index in [0.29, 0.717) is 37.3 Å². The number of hydrogen-bond donors (Lipinski definition) is 0. The Balaban J connectivity index is 1.28. The van der Waals surface area contributed by atoms with Gasteiger partial charge in [-0.1, -0.05) is 54.1 Å². The number of thiophene rings is 2. The number of carbonyl (C=O) groups excluding carboxylic acids is 2. The molecule has 4 aliphatic rings. The van der Waals surface area contributed by atoms with Crippen LogP contribution in [0.5, 0.6) is 0 Å². The van der Waals surface area contributed by atoms with E-state index in [1.54, 1.807) is 19.1 Å². The van der Waals surface area contributed by atoms with Crippen molar-refractivity contribution in [2.75, 3.05) is 0 Å². The molecule has 8 rings (SSSR count). The molecule has 0 aliphatic heterocycles. The number of benzene rings is 2. The molecule has 13 heteroatoms. The molecule has 4 aliphatic carbocycles. The van der Waals surface area contributed by atoms with E-state index in [-0.39, 0.29) is 54.7 Å². The van der Waals surface area contributed by atoms with E-state index in [2.05, 4.69) is 0 Å². The van der Waals surface area contributed by atoms with E-state index in [9.17, 15) is 30.6 Å². The summed E-state index contributed by atoms with van der Waals surface area (Å²) in [5, 5.41) is 41.2. The number of ketones is 2. The smallest absolute Gasteiger partial charge is 0.212 e. The summed E-state index contributed by atoms with van der Waals surface area (Å²) in [5.74, 6) is -0.868. The summed E-state index contributed by atoms with van der Waals surface area (Å²) >= 11 is 21.7. The molecular weight excluding hydrogens is 755 g/mol. The molecule has 2 heterocycles. The number of fused-ring (bicyclic) bond motifs is 7. The summed E-state index contributed by atoms with van der Waals surface area (Å²) in [7, 11) is 0. The summed E-state index contributed by atoms with van der Waals surface area (Å²) < 4.78 is 0. The lowest BCUT2D eigenvalue weighted by molar-refractivity contribution is 0.106. The maximum absolute atomic E-state index is 13.8. The Bertz CT molecular complexity index is 2490. The van der Waals surface area contributed by atoms with Gasteiger partial charge in [0.05, 0.1) is 19.8 Å². The van der Waals surface area contributed by atoms with Gasteiger partial charge in [-0.05, 0) is 84.0 Å². The maximum Gasteiger partial charge on any atom is 0.212 e. The van der Waals surface area contributed by atoms with Crippen molar-refractivity contribution in [2.24, 2.45) is 9.98 Å². The highest BCUT2D eigenvalue weighted by molar-refractivity contribution is 7.26. The van der Waals surface area contributed by atoms with E-state index < -0.39 is 11.6 Å². The van der Waals surface area contributed by atoms with Gasteiger partial charge < -0.3 is 0 Å². The molecular formula is C39H19Cl3N6O2S2. The largest absolute Gasteiger partial charge is 0.287 e. The average molecular weight is 774 g/mol. The predicted molar refractivity (Wildman–Crippen MR) is 203 cm³/mol. The van der Waals surface area contributed by atoms with Crippen molar-refractivity contribution in [1.82, 2.24) is 0 Å². The van der Waals surface area contributed by atoms with Gasteiger partial charge >= 0.3 is 0 Å². The number of nitrogens with zero attached hydrogens (tertiary/aromatic N) is 6. The van der Waals surface area contributed by atoms with E-state index in [1.807, 2.05) is 36.4 Å². The Morgan fingerprint density at radius 1 is 0.635 bits per heavy atom. The van der Waals surface area contributed by atoms with Crippen molar-refractivity contribution in [3.63, 3.8) is 0 Å². The van der Waals surface area contributed by atoms with Crippen LogP contribution in [0.15, 0.2) is 57.5 Å². The molecule has 4 aromatic rings. The summed E-state index contributed by atoms with van der Waals surface area (Å²) in [6.45, 7) is 1.79. The molecule has 2 aromatic heterocycles. The fourth-order valence-corrected chi connectivity index (χ4v) is 10.6. The number of Topliss-reactive ketones (excluding diaryl/α,β-unsaturated/α-hetero) is 2. The lowest BCUT2D eigenvalue weighted by atomic mass is 9.68. The topological polar surface area (TPSA) is 154 Å².